The van der Waals surface area contributed by atoms with Gasteiger partial charge in [0.2, 0.25) is 11.1 Å². The Morgan fingerprint density at radius 3 is 2.83 bits per heavy atom. The van der Waals surface area contributed by atoms with Crippen molar-refractivity contribution in [2.45, 2.75) is 75.4 Å². The van der Waals surface area contributed by atoms with Gasteiger partial charge in [0.1, 0.15) is 0 Å². The lowest BCUT2D eigenvalue weighted by Crippen LogP contribution is -2.32. The Kier molecular flexibility index (Phi) is 6.74. The molecule has 6 nitrogen and oxygen atoms in total. The molecule has 1 aromatic heterocycles. The smallest absolute Gasteiger partial charge is 0.230 e. The summed E-state index contributed by atoms with van der Waals surface area (Å²) < 4.78 is 1.57. The number of nitrogens with one attached hydrogen (secondary N) is 1. The molecular weight excluding hydrogens is 382 g/mol. The van der Waals surface area contributed by atoms with Crippen LogP contribution in [0.15, 0.2) is 29.4 Å². The number of hydrogen-bond donors (Lipinski definition) is 2. The molecule has 1 aromatic carbocycles. The zero-order valence-electron chi connectivity index (χ0n) is 17.0. The van der Waals surface area contributed by atoms with Crippen LogP contribution in [0.2, 0.25) is 0 Å². The number of carbonyl (C=O) groups excluding carboxylic acids is 1. The summed E-state index contributed by atoms with van der Waals surface area (Å²) in [6.45, 7) is 0. The Bertz CT molecular complexity index is 830. The molecule has 4 rings (SSSR count). The van der Waals surface area contributed by atoms with E-state index in [2.05, 4.69) is 33.7 Å². The normalized spacial score (nSPS) is 19.7. The molecule has 1 fully saturated rings. The number of benzene rings is 1. The van der Waals surface area contributed by atoms with Gasteiger partial charge in [-0.1, -0.05) is 68.1 Å². The van der Waals surface area contributed by atoms with Gasteiger partial charge in [-0.3, -0.25) is 4.79 Å². The van der Waals surface area contributed by atoms with Gasteiger partial charge in [0.05, 0.1) is 11.8 Å². The lowest BCUT2D eigenvalue weighted by Gasteiger charge is -2.26. The summed E-state index contributed by atoms with van der Waals surface area (Å²) in [6.07, 6.45) is 11.9. The lowest BCUT2D eigenvalue weighted by molar-refractivity contribution is -0.119. The second-order valence-corrected chi connectivity index (χ2v) is 9.25. The highest BCUT2D eigenvalue weighted by Gasteiger charge is 2.22. The molecule has 3 N–H and O–H groups in total. The first kappa shape index (κ1) is 20.3. The first-order valence-electron chi connectivity index (χ1n) is 10.9. The maximum absolute atomic E-state index is 12.5. The third-order valence-corrected chi connectivity index (χ3v) is 7.22. The van der Waals surface area contributed by atoms with E-state index in [0.29, 0.717) is 10.9 Å². The number of nitrogen functional groups attached to an aromatic ring is 1. The highest BCUT2D eigenvalue weighted by atomic mass is 32.2. The average Bonchev–Trinajstić information content (AvgIpc) is 3.11. The number of aryl methyl sites for hydroxylation is 2. The number of aromatic nitrogens is 3. The summed E-state index contributed by atoms with van der Waals surface area (Å²) in [5.74, 6) is 8.12. The number of fused-ring (bicyclic) bond motifs is 1. The van der Waals surface area contributed by atoms with Crippen LogP contribution in [0.25, 0.3) is 0 Å². The molecule has 29 heavy (non-hydrogen) atoms. The number of rotatable bonds is 7. The topological polar surface area (TPSA) is 85.8 Å². The summed E-state index contributed by atoms with van der Waals surface area (Å²) in [6, 6.07) is 8.51. The molecule has 156 valence electrons. The molecule has 1 atom stereocenters. The minimum Gasteiger partial charge on any atom is -0.349 e. The highest BCUT2D eigenvalue weighted by Crippen LogP contribution is 2.30. The van der Waals surface area contributed by atoms with E-state index < -0.39 is 0 Å². The van der Waals surface area contributed by atoms with Crippen LogP contribution in [-0.2, 0) is 17.6 Å². The van der Waals surface area contributed by atoms with Gasteiger partial charge in [0.25, 0.3) is 0 Å². The van der Waals surface area contributed by atoms with Crippen molar-refractivity contribution in [1.82, 2.24) is 20.2 Å². The van der Waals surface area contributed by atoms with Crippen LogP contribution in [0.1, 0.15) is 74.4 Å². The van der Waals surface area contributed by atoms with Crippen molar-refractivity contribution in [2.75, 3.05) is 11.6 Å². The summed E-state index contributed by atoms with van der Waals surface area (Å²) in [7, 11) is 0. The molecule has 0 aliphatic heterocycles. The van der Waals surface area contributed by atoms with E-state index in [1.165, 1.54) is 55.0 Å². The van der Waals surface area contributed by atoms with Crippen molar-refractivity contribution in [2.24, 2.45) is 5.92 Å². The zero-order chi connectivity index (χ0) is 20.1. The predicted molar refractivity (Wildman–Crippen MR) is 116 cm³/mol. The fourth-order valence-electron chi connectivity index (χ4n) is 4.66. The number of nitrogens with zero attached hydrogens (tertiary/aromatic N) is 3. The monoisotopic (exact) mass is 413 g/mol. The average molecular weight is 414 g/mol. The molecule has 1 saturated carbocycles. The quantitative estimate of drug-likeness (QED) is 0.533. The summed E-state index contributed by atoms with van der Waals surface area (Å²) in [4.78, 5) is 12.5. The molecule has 1 amide bonds. The van der Waals surface area contributed by atoms with E-state index in [0.717, 1.165) is 43.8 Å². The van der Waals surface area contributed by atoms with E-state index in [9.17, 15) is 4.79 Å². The van der Waals surface area contributed by atoms with Crippen LogP contribution >= 0.6 is 11.8 Å². The summed E-state index contributed by atoms with van der Waals surface area (Å²) in [5, 5.41) is 12.3. The number of carbonyl (C=O) groups is 1. The minimum atomic E-state index is 0.0171. The van der Waals surface area contributed by atoms with Crippen molar-refractivity contribution in [3.63, 3.8) is 0 Å². The molecule has 0 spiro atoms. The fraction of sp³-hybridized carbons (Fsp3) is 0.591. The minimum absolute atomic E-state index is 0.0171. The van der Waals surface area contributed by atoms with Crippen molar-refractivity contribution < 1.29 is 4.79 Å². The summed E-state index contributed by atoms with van der Waals surface area (Å²) in [5.41, 5.74) is 2.60. The maximum Gasteiger partial charge on any atom is 0.230 e. The second-order valence-electron chi connectivity index (χ2n) is 8.31. The van der Waals surface area contributed by atoms with Gasteiger partial charge >= 0.3 is 0 Å². The molecule has 0 bridgehead atoms. The second kappa shape index (κ2) is 9.65. The van der Waals surface area contributed by atoms with Crippen LogP contribution in [0.5, 0.6) is 0 Å². The van der Waals surface area contributed by atoms with Crippen molar-refractivity contribution in [3.05, 3.63) is 41.2 Å². The van der Waals surface area contributed by atoms with Crippen LogP contribution in [0, 0.1) is 5.92 Å². The third kappa shape index (κ3) is 5.13. The van der Waals surface area contributed by atoms with E-state index in [4.69, 9.17) is 5.84 Å². The Morgan fingerprint density at radius 1 is 1.14 bits per heavy atom. The molecule has 2 aliphatic rings. The van der Waals surface area contributed by atoms with Crippen LogP contribution < -0.4 is 11.2 Å². The van der Waals surface area contributed by atoms with Gasteiger partial charge in [-0.2, -0.15) is 0 Å². The highest BCUT2D eigenvalue weighted by molar-refractivity contribution is 7.99. The van der Waals surface area contributed by atoms with Crippen molar-refractivity contribution in [3.8, 4) is 0 Å². The van der Waals surface area contributed by atoms with Gasteiger partial charge in [-0.25, -0.2) is 4.68 Å². The maximum atomic E-state index is 12.5. The lowest BCUT2D eigenvalue weighted by atomic mass is 9.86. The van der Waals surface area contributed by atoms with E-state index in [1.54, 1.807) is 4.68 Å². The molecule has 2 aliphatic carbocycles. The van der Waals surface area contributed by atoms with E-state index in [1.807, 2.05) is 6.07 Å². The van der Waals surface area contributed by atoms with Gasteiger partial charge < -0.3 is 11.2 Å². The largest absolute Gasteiger partial charge is 0.349 e. The van der Waals surface area contributed by atoms with Gasteiger partial charge in [0.15, 0.2) is 5.82 Å². The Balaban J connectivity index is 1.27. The van der Waals surface area contributed by atoms with Crippen molar-refractivity contribution in [1.29, 1.82) is 0 Å². The van der Waals surface area contributed by atoms with Gasteiger partial charge in [-0.05, 0) is 42.7 Å². The zero-order valence-corrected chi connectivity index (χ0v) is 17.8. The standard InChI is InChI=1S/C22H31N5OS/c23-27-20(14-13-16-7-2-1-3-8-16)25-26-22(27)29-15-21(28)24-19-12-6-10-17-9-4-5-11-18(17)19/h4-5,9,11,16,19H,1-3,6-8,10,12-15,23H2,(H,24,28)/t19-/m0/s1. The fourth-order valence-corrected chi connectivity index (χ4v) is 5.34. The number of hydrogen-bond acceptors (Lipinski definition) is 5. The first-order valence-corrected chi connectivity index (χ1v) is 11.9. The molecule has 0 radical (unpaired) electrons. The summed E-state index contributed by atoms with van der Waals surface area (Å²) >= 11 is 1.36. The Labute approximate surface area is 177 Å². The molecule has 7 heteroatoms. The molecular formula is C22H31N5OS. The van der Waals surface area contributed by atoms with Crippen LogP contribution in [-0.4, -0.2) is 26.5 Å². The Morgan fingerprint density at radius 2 is 1.97 bits per heavy atom. The Hall–Kier alpha value is -2.02. The molecule has 2 aromatic rings. The third-order valence-electron chi connectivity index (χ3n) is 6.27. The van der Waals surface area contributed by atoms with Gasteiger partial charge in [0, 0.05) is 6.42 Å². The number of amides is 1. The van der Waals surface area contributed by atoms with Crippen molar-refractivity contribution >= 4 is 17.7 Å². The van der Waals surface area contributed by atoms with Gasteiger partial charge in [-0.15, -0.1) is 10.2 Å². The molecule has 0 unspecified atom stereocenters. The first-order chi connectivity index (χ1) is 14.2. The number of thioether (sulfide) groups is 1. The van der Waals surface area contributed by atoms with Crippen LogP contribution in [0.4, 0.5) is 0 Å². The van der Waals surface area contributed by atoms with E-state index in [-0.39, 0.29) is 11.9 Å². The predicted octanol–water partition coefficient (Wildman–Crippen LogP) is 3.79. The molecule has 1 heterocycles. The number of nitrogens with two attached hydrogens (primary N) is 1. The van der Waals surface area contributed by atoms with Crippen LogP contribution in [0.3, 0.4) is 0 Å². The van der Waals surface area contributed by atoms with E-state index >= 15 is 0 Å². The SMILES string of the molecule is Nn1c(CCC2CCCCC2)nnc1SCC(=O)N[C@H]1CCCc2ccccc21. The molecule has 0 saturated heterocycles.